The van der Waals surface area contributed by atoms with E-state index < -0.39 is 0 Å². The van der Waals surface area contributed by atoms with Crippen molar-refractivity contribution >= 4 is 0 Å². The predicted octanol–water partition coefficient (Wildman–Crippen LogP) is 3.52. The van der Waals surface area contributed by atoms with Crippen molar-refractivity contribution in [2.45, 2.75) is 71.4 Å². The van der Waals surface area contributed by atoms with Gasteiger partial charge in [-0.2, -0.15) is 0 Å². The van der Waals surface area contributed by atoms with Gasteiger partial charge in [-0.15, -0.1) is 0 Å². The van der Waals surface area contributed by atoms with E-state index in [1.165, 1.54) is 51.6 Å². The van der Waals surface area contributed by atoms with Gasteiger partial charge in [0.25, 0.3) is 0 Å². The van der Waals surface area contributed by atoms with Crippen LogP contribution in [0.15, 0.2) is 0 Å². The lowest BCUT2D eigenvalue weighted by molar-refractivity contribution is 0.135. The number of nitrogens with zero attached hydrogens (tertiary/aromatic N) is 1. The summed E-state index contributed by atoms with van der Waals surface area (Å²) in [5, 5.41) is 3.59. The molecule has 1 saturated heterocycles. The molecule has 19 heavy (non-hydrogen) atoms. The Morgan fingerprint density at radius 1 is 1.16 bits per heavy atom. The lowest BCUT2D eigenvalue weighted by atomic mass is 9.76. The van der Waals surface area contributed by atoms with Crippen molar-refractivity contribution in [1.82, 2.24) is 10.2 Å². The Labute approximate surface area is 120 Å². The van der Waals surface area contributed by atoms with Gasteiger partial charge in [0.2, 0.25) is 0 Å². The zero-order chi connectivity index (χ0) is 13.8. The Morgan fingerprint density at radius 3 is 2.53 bits per heavy atom. The van der Waals surface area contributed by atoms with E-state index in [4.69, 9.17) is 0 Å². The summed E-state index contributed by atoms with van der Waals surface area (Å²) in [5.41, 5.74) is 0. The van der Waals surface area contributed by atoms with Gasteiger partial charge in [0.05, 0.1) is 0 Å². The van der Waals surface area contributed by atoms with E-state index in [0.29, 0.717) is 0 Å². The Kier molecular flexibility index (Phi) is 5.70. The summed E-state index contributed by atoms with van der Waals surface area (Å²) in [4.78, 5) is 2.76. The maximum Gasteiger partial charge on any atom is 0.0105 e. The topological polar surface area (TPSA) is 15.3 Å². The van der Waals surface area contributed by atoms with E-state index >= 15 is 0 Å². The first-order valence-corrected chi connectivity index (χ1v) is 8.55. The van der Waals surface area contributed by atoms with E-state index in [2.05, 4.69) is 38.0 Å². The fourth-order valence-corrected chi connectivity index (χ4v) is 4.56. The molecule has 1 aliphatic carbocycles. The Morgan fingerprint density at radius 2 is 1.95 bits per heavy atom. The van der Waals surface area contributed by atoms with Crippen molar-refractivity contribution in [3.63, 3.8) is 0 Å². The van der Waals surface area contributed by atoms with Crippen LogP contribution in [0.4, 0.5) is 0 Å². The van der Waals surface area contributed by atoms with E-state index in [1.54, 1.807) is 0 Å². The van der Waals surface area contributed by atoms with Crippen LogP contribution < -0.4 is 5.32 Å². The maximum atomic E-state index is 3.59. The summed E-state index contributed by atoms with van der Waals surface area (Å²) in [7, 11) is 2.16. The first-order chi connectivity index (χ1) is 9.13. The van der Waals surface area contributed by atoms with Crippen LogP contribution in [0.5, 0.6) is 0 Å². The molecule has 0 aromatic heterocycles. The number of likely N-dealkylation sites (tertiary alicyclic amines) is 1. The van der Waals surface area contributed by atoms with Crippen LogP contribution in [0, 0.1) is 17.8 Å². The normalized spacial score (nSPS) is 40.7. The molecule has 0 amide bonds. The summed E-state index contributed by atoms with van der Waals surface area (Å²) in [6.07, 6.45) is 8.50. The first-order valence-electron chi connectivity index (χ1n) is 8.55. The highest BCUT2D eigenvalue weighted by atomic mass is 15.2. The molecule has 2 aliphatic rings. The molecule has 2 heteroatoms. The van der Waals surface area contributed by atoms with Gasteiger partial charge in [-0.05, 0) is 57.4 Å². The Balaban J connectivity index is 1.90. The van der Waals surface area contributed by atoms with Crippen molar-refractivity contribution in [2.24, 2.45) is 17.8 Å². The zero-order valence-corrected chi connectivity index (χ0v) is 13.5. The smallest absolute Gasteiger partial charge is 0.0105 e. The van der Waals surface area contributed by atoms with Crippen molar-refractivity contribution < 1.29 is 0 Å². The molecule has 0 radical (unpaired) electrons. The fourth-order valence-electron chi connectivity index (χ4n) is 4.56. The fraction of sp³-hybridized carbons (Fsp3) is 1.00. The number of rotatable bonds is 5. The molecular formula is C17H34N2. The third-order valence-corrected chi connectivity index (χ3v) is 5.54. The Hall–Kier alpha value is -0.0800. The van der Waals surface area contributed by atoms with Crippen LogP contribution in [0.3, 0.4) is 0 Å². The van der Waals surface area contributed by atoms with Crippen LogP contribution in [-0.2, 0) is 0 Å². The molecule has 0 aromatic carbocycles. The second-order valence-electron chi connectivity index (χ2n) is 7.27. The monoisotopic (exact) mass is 266 g/mol. The van der Waals surface area contributed by atoms with E-state index in [-0.39, 0.29) is 0 Å². The highest BCUT2D eigenvalue weighted by molar-refractivity contribution is 4.89. The summed E-state index contributed by atoms with van der Waals surface area (Å²) in [6.45, 7) is 9.82. The third-order valence-electron chi connectivity index (χ3n) is 5.54. The van der Waals surface area contributed by atoms with Gasteiger partial charge in [-0.1, -0.05) is 26.7 Å². The van der Waals surface area contributed by atoms with E-state index in [9.17, 15) is 0 Å². The highest BCUT2D eigenvalue weighted by Crippen LogP contribution is 2.34. The minimum atomic E-state index is 0.760. The van der Waals surface area contributed by atoms with Crippen molar-refractivity contribution in [1.29, 1.82) is 0 Å². The molecule has 2 fully saturated rings. The van der Waals surface area contributed by atoms with Gasteiger partial charge in [-0.25, -0.2) is 0 Å². The molecule has 1 saturated carbocycles. The minimum Gasteiger partial charge on any atom is -0.317 e. The largest absolute Gasteiger partial charge is 0.317 e. The summed E-state index contributed by atoms with van der Waals surface area (Å²) in [5.74, 6) is 2.77. The number of nitrogens with one attached hydrogen (secondary N) is 1. The van der Waals surface area contributed by atoms with Gasteiger partial charge in [-0.3, -0.25) is 0 Å². The molecule has 1 aliphatic heterocycles. The van der Waals surface area contributed by atoms with Crippen molar-refractivity contribution in [3.8, 4) is 0 Å². The van der Waals surface area contributed by atoms with Crippen LogP contribution in [0.25, 0.3) is 0 Å². The van der Waals surface area contributed by atoms with E-state index in [1.807, 2.05) is 0 Å². The van der Waals surface area contributed by atoms with E-state index in [0.717, 1.165) is 29.8 Å². The highest BCUT2D eigenvalue weighted by Gasteiger charge is 2.34. The molecule has 1 heterocycles. The molecule has 5 atom stereocenters. The summed E-state index contributed by atoms with van der Waals surface area (Å²) >= 11 is 0. The van der Waals surface area contributed by atoms with Crippen LogP contribution in [0.2, 0.25) is 0 Å². The summed E-state index contributed by atoms with van der Waals surface area (Å²) in [6, 6.07) is 1.57. The van der Waals surface area contributed by atoms with Crippen LogP contribution in [0.1, 0.15) is 59.3 Å². The van der Waals surface area contributed by atoms with Gasteiger partial charge in [0.1, 0.15) is 0 Å². The SMILES string of the molecule is CCCC1CCC(NC)C(CN2CC(C)CC2C)C1. The maximum absolute atomic E-state index is 3.59. The molecule has 1 N–H and O–H groups in total. The molecule has 2 rings (SSSR count). The van der Waals surface area contributed by atoms with Crippen molar-refractivity contribution in [2.75, 3.05) is 20.1 Å². The van der Waals surface area contributed by atoms with Gasteiger partial charge < -0.3 is 10.2 Å². The number of hydrogen-bond acceptors (Lipinski definition) is 2. The zero-order valence-electron chi connectivity index (χ0n) is 13.5. The molecule has 5 unspecified atom stereocenters. The number of hydrogen-bond donors (Lipinski definition) is 1. The second-order valence-corrected chi connectivity index (χ2v) is 7.27. The molecular weight excluding hydrogens is 232 g/mol. The third kappa shape index (κ3) is 3.95. The minimum absolute atomic E-state index is 0.760. The lowest BCUT2D eigenvalue weighted by Gasteiger charge is -2.39. The standard InChI is InChI=1S/C17H34N2/c1-5-6-15-7-8-17(18-4)16(10-15)12-19-11-13(2)9-14(19)3/h13-18H,5-12H2,1-4H3. The van der Waals surface area contributed by atoms with Crippen LogP contribution in [-0.4, -0.2) is 37.1 Å². The van der Waals surface area contributed by atoms with Crippen LogP contribution >= 0.6 is 0 Å². The lowest BCUT2D eigenvalue weighted by Crippen LogP contribution is -2.45. The second kappa shape index (κ2) is 7.08. The molecule has 0 spiro atoms. The predicted molar refractivity (Wildman–Crippen MR) is 83.4 cm³/mol. The Bertz CT molecular complexity index is 266. The summed E-state index contributed by atoms with van der Waals surface area (Å²) < 4.78 is 0. The molecule has 0 aromatic rings. The quantitative estimate of drug-likeness (QED) is 0.819. The molecule has 112 valence electrons. The van der Waals surface area contributed by atoms with Gasteiger partial charge in [0.15, 0.2) is 0 Å². The molecule has 0 bridgehead atoms. The average molecular weight is 266 g/mol. The van der Waals surface area contributed by atoms with Gasteiger partial charge >= 0.3 is 0 Å². The molecule has 2 nitrogen and oxygen atoms in total. The van der Waals surface area contributed by atoms with Gasteiger partial charge in [0, 0.05) is 25.2 Å². The first kappa shape index (κ1) is 15.3. The van der Waals surface area contributed by atoms with Crippen molar-refractivity contribution in [3.05, 3.63) is 0 Å². The average Bonchev–Trinajstić information content (AvgIpc) is 2.69.